The van der Waals surface area contributed by atoms with Crippen LogP contribution in [0.15, 0.2) is 59.1 Å². The second-order valence-electron chi connectivity index (χ2n) is 13.4. The van der Waals surface area contributed by atoms with Gasteiger partial charge in [-0.25, -0.2) is 4.79 Å². The Labute approximate surface area is 346 Å². The number of rotatable bonds is 20. The van der Waals surface area contributed by atoms with E-state index in [9.17, 15) is 33.9 Å². The molecule has 3 rings (SSSR count). The van der Waals surface area contributed by atoms with Crippen molar-refractivity contribution in [3.63, 3.8) is 0 Å². The standard InChI is InChI=1S/C31H35ClN2O10.C9H15ClO4/c1-18(2)24(15-28(36)41-4)30(38)42-17-43-31(39)25(35)14-23(33-29(37)26-16-27(40-3)34-44-26)12-19-8-10-20(11-9-19)21-6-5-7-22(32)13-21;1-6(2)7(4-8(11)13-3)9(12)14-5-10/h5-11,13,16,18,23-25,35H,12,14-15,17H2,1-4H3,(H,33,37);6-7H,4-5H2,1-3H3/t23-,24?,25-;/m1./s1. The van der Waals surface area contributed by atoms with Crippen molar-refractivity contribution in [1.82, 2.24) is 10.5 Å². The topological polar surface area (TPSA) is 216 Å². The van der Waals surface area contributed by atoms with Crippen LogP contribution in [0.3, 0.4) is 0 Å². The van der Waals surface area contributed by atoms with Crippen molar-refractivity contribution in [2.75, 3.05) is 34.2 Å². The summed E-state index contributed by atoms with van der Waals surface area (Å²) in [5.41, 5.74) is 2.66. The maximum atomic E-state index is 12.9. The molecule has 0 saturated carbocycles. The van der Waals surface area contributed by atoms with Crippen molar-refractivity contribution < 1.29 is 66.8 Å². The van der Waals surface area contributed by atoms with E-state index in [1.165, 1.54) is 27.4 Å². The van der Waals surface area contributed by atoms with Gasteiger partial charge in [0.2, 0.25) is 12.6 Å². The minimum Gasteiger partial charge on any atom is -0.479 e. The third-order valence-electron chi connectivity index (χ3n) is 8.67. The van der Waals surface area contributed by atoms with Gasteiger partial charge in [0.15, 0.2) is 12.2 Å². The van der Waals surface area contributed by atoms with E-state index >= 15 is 0 Å². The van der Waals surface area contributed by atoms with Crippen LogP contribution in [0.4, 0.5) is 0 Å². The molecule has 1 heterocycles. The van der Waals surface area contributed by atoms with Crippen LogP contribution >= 0.6 is 23.2 Å². The molecule has 2 aromatic carbocycles. The highest BCUT2D eigenvalue weighted by atomic mass is 35.5. The summed E-state index contributed by atoms with van der Waals surface area (Å²) in [4.78, 5) is 71.7. The first-order chi connectivity index (χ1) is 27.5. The number of benzene rings is 2. The lowest BCUT2D eigenvalue weighted by molar-refractivity contribution is -0.178. The molecule has 0 bridgehead atoms. The molecule has 4 atom stereocenters. The number of methoxy groups -OCH3 is 3. The molecular weight excluding hydrogens is 803 g/mol. The average Bonchev–Trinajstić information content (AvgIpc) is 3.69. The van der Waals surface area contributed by atoms with Gasteiger partial charge >= 0.3 is 29.8 Å². The van der Waals surface area contributed by atoms with Gasteiger partial charge in [-0.3, -0.25) is 24.0 Å². The summed E-state index contributed by atoms with van der Waals surface area (Å²) in [7, 11) is 3.87. The monoisotopic (exact) mass is 852 g/mol. The molecule has 16 nitrogen and oxygen atoms in total. The third-order valence-corrected chi connectivity index (χ3v) is 9.02. The highest BCUT2D eigenvalue weighted by molar-refractivity contribution is 6.30. The van der Waals surface area contributed by atoms with Crippen molar-refractivity contribution in [2.45, 2.75) is 65.5 Å². The van der Waals surface area contributed by atoms with E-state index in [-0.39, 0.29) is 55.2 Å². The van der Waals surface area contributed by atoms with Gasteiger partial charge in [0.25, 0.3) is 11.8 Å². The van der Waals surface area contributed by atoms with Gasteiger partial charge in [0, 0.05) is 17.5 Å². The lowest BCUT2D eigenvalue weighted by atomic mass is 9.93. The molecule has 0 spiro atoms. The van der Waals surface area contributed by atoms with Crippen LogP contribution in [0, 0.1) is 23.7 Å². The normalized spacial score (nSPS) is 12.8. The molecular formula is C40H50Cl2N2O14. The predicted molar refractivity (Wildman–Crippen MR) is 209 cm³/mol. The fourth-order valence-electron chi connectivity index (χ4n) is 5.28. The molecule has 0 saturated heterocycles. The number of esters is 5. The molecule has 18 heteroatoms. The van der Waals surface area contributed by atoms with Crippen LogP contribution in [-0.4, -0.2) is 92.4 Å². The number of amides is 1. The number of hydrogen-bond donors (Lipinski definition) is 2. The lowest BCUT2D eigenvalue weighted by Gasteiger charge is -2.21. The molecule has 0 aliphatic heterocycles. The summed E-state index contributed by atoms with van der Waals surface area (Å²) in [5.74, 6) is -5.44. The number of nitrogens with one attached hydrogen (secondary N) is 1. The van der Waals surface area contributed by atoms with E-state index < -0.39 is 66.5 Å². The summed E-state index contributed by atoms with van der Waals surface area (Å²) in [5, 5.41) is 17.6. The summed E-state index contributed by atoms with van der Waals surface area (Å²) in [6.45, 7) is 6.38. The highest BCUT2D eigenvalue weighted by Gasteiger charge is 2.30. The number of hydrogen-bond acceptors (Lipinski definition) is 15. The molecule has 58 heavy (non-hydrogen) atoms. The smallest absolute Gasteiger partial charge is 0.337 e. The number of carbonyl (C=O) groups is 6. The Bertz CT molecular complexity index is 1800. The first kappa shape index (κ1) is 49.0. The summed E-state index contributed by atoms with van der Waals surface area (Å²) >= 11 is 11.4. The number of aromatic nitrogens is 1. The zero-order chi connectivity index (χ0) is 43.4. The van der Waals surface area contributed by atoms with Gasteiger partial charge < -0.3 is 43.4 Å². The second-order valence-corrected chi connectivity index (χ2v) is 14.1. The van der Waals surface area contributed by atoms with Crippen molar-refractivity contribution in [3.05, 3.63) is 70.9 Å². The fourth-order valence-corrected chi connectivity index (χ4v) is 5.58. The molecule has 0 radical (unpaired) electrons. The van der Waals surface area contributed by atoms with E-state index in [0.717, 1.165) is 16.7 Å². The summed E-state index contributed by atoms with van der Waals surface area (Å²) < 4.78 is 33.6. The van der Waals surface area contributed by atoms with Crippen molar-refractivity contribution in [2.24, 2.45) is 23.7 Å². The Morgan fingerprint density at radius 1 is 0.776 bits per heavy atom. The third kappa shape index (κ3) is 16.7. The summed E-state index contributed by atoms with van der Waals surface area (Å²) in [6.07, 6.45) is -1.84. The Morgan fingerprint density at radius 3 is 1.84 bits per heavy atom. The van der Waals surface area contributed by atoms with Crippen molar-refractivity contribution in [1.29, 1.82) is 0 Å². The molecule has 318 valence electrons. The predicted octanol–water partition coefficient (Wildman–Crippen LogP) is 5.54. The first-order valence-electron chi connectivity index (χ1n) is 18.1. The molecule has 2 unspecified atom stereocenters. The van der Waals surface area contributed by atoms with Gasteiger partial charge in [-0.1, -0.05) is 87.3 Å². The van der Waals surface area contributed by atoms with Crippen LogP contribution in [-0.2, 0) is 54.1 Å². The van der Waals surface area contributed by atoms with E-state index in [2.05, 4.69) is 24.7 Å². The Hall–Kier alpha value is -5.19. The Kier molecular flexibility index (Phi) is 21.3. The number of nitrogens with zero attached hydrogens (tertiary/aromatic N) is 1. The van der Waals surface area contributed by atoms with Crippen LogP contribution in [0.1, 0.15) is 63.1 Å². The zero-order valence-corrected chi connectivity index (χ0v) is 34.9. The maximum Gasteiger partial charge on any atom is 0.337 e. The molecule has 3 aromatic rings. The van der Waals surface area contributed by atoms with Gasteiger partial charge in [0.05, 0.1) is 52.1 Å². The highest BCUT2D eigenvalue weighted by Crippen LogP contribution is 2.24. The zero-order valence-electron chi connectivity index (χ0n) is 33.4. The van der Waals surface area contributed by atoms with E-state index in [4.69, 9.17) is 41.9 Å². The van der Waals surface area contributed by atoms with E-state index in [1.807, 2.05) is 56.3 Å². The van der Waals surface area contributed by atoms with Crippen LogP contribution in [0.2, 0.25) is 5.02 Å². The van der Waals surface area contributed by atoms with Crippen LogP contribution < -0.4 is 10.1 Å². The van der Waals surface area contributed by atoms with E-state index in [1.54, 1.807) is 19.9 Å². The number of aliphatic hydroxyl groups excluding tert-OH is 1. The molecule has 0 aliphatic rings. The number of aliphatic hydroxyl groups is 1. The van der Waals surface area contributed by atoms with Crippen LogP contribution in [0.5, 0.6) is 5.88 Å². The van der Waals surface area contributed by atoms with Gasteiger partial charge in [-0.2, -0.15) is 0 Å². The Balaban J connectivity index is 0.000000704. The number of alkyl halides is 1. The first-order valence-corrected chi connectivity index (χ1v) is 19.0. The number of halogens is 2. The largest absolute Gasteiger partial charge is 0.479 e. The van der Waals surface area contributed by atoms with E-state index in [0.29, 0.717) is 5.02 Å². The number of carbonyl (C=O) groups excluding carboxylic acids is 6. The molecule has 0 fully saturated rings. The maximum absolute atomic E-state index is 12.9. The minimum atomic E-state index is -1.68. The van der Waals surface area contributed by atoms with Crippen molar-refractivity contribution >= 4 is 59.0 Å². The molecule has 2 N–H and O–H groups in total. The van der Waals surface area contributed by atoms with Gasteiger partial charge in [0.1, 0.15) is 0 Å². The number of ether oxygens (including phenoxy) is 6. The van der Waals surface area contributed by atoms with Gasteiger partial charge in [-0.15, -0.1) is 0 Å². The lowest BCUT2D eigenvalue weighted by Crippen LogP contribution is -2.41. The second kappa shape index (κ2) is 25.2. The van der Waals surface area contributed by atoms with Gasteiger partial charge in [-0.05, 0) is 52.2 Å². The quantitative estimate of drug-likeness (QED) is 0.0618. The van der Waals surface area contributed by atoms with Crippen molar-refractivity contribution in [3.8, 4) is 17.0 Å². The molecule has 1 amide bonds. The Morgan fingerprint density at radius 2 is 1.34 bits per heavy atom. The average molecular weight is 854 g/mol. The fraction of sp³-hybridized carbons (Fsp3) is 0.475. The minimum absolute atomic E-state index is 0.0183. The molecule has 1 aromatic heterocycles. The molecule has 0 aliphatic carbocycles. The SMILES string of the molecule is COC(=O)CC(C(=O)OCCl)C(C)C.COC(=O)CC(C(=O)OCOC(=O)[C@H](O)C[C@@H](Cc1ccc(-c2cccc(Cl)c2)cc1)NC(=O)c1cc(OC)no1)C(C)C. The summed E-state index contributed by atoms with van der Waals surface area (Å²) in [6, 6.07) is 15.3. The van der Waals surface area contributed by atoms with Crippen LogP contribution in [0.25, 0.3) is 11.1 Å².